The number of likely N-dealkylation sites (tertiary alicyclic amines) is 1. The average molecular weight is 407 g/mol. The molecule has 3 aromatic rings. The number of thioether (sulfide) groups is 1. The van der Waals surface area contributed by atoms with E-state index < -0.39 is 0 Å². The summed E-state index contributed by atoms with van der Waals surface area (Å²) in [6.07, 6.45) is 4.50. The molecule has 2 heterocycles. The van der Waals surface area contributed by atoms with Gasteiger partial charge in [0.1, 0.15) is 5.82 Å². The van der Waals surface area contributed by atoms with Gasteiger partial charge >= 0.3 is 0 Å². The molecule has 0 N–H and O–H groups in total. The van der Waals surface area contributed by atoms with Gasteiger partial charge in [-0.3, -0.25) is 4.79 Å². The van der Waals surface area contributed by atoms with E-state index >= 15 is 0 Å². The van der Waals surface area contributed by atoms with Crippen LogP contribution in [-0.4, -0.2) is 44.9 Å². The van der Waals surface area contributed by atoms with Crippen molar-refractivity contribution in [1.29, 1.82) is 0 Å². The molecule has 1 atom stereocenters. The summed E-state index contributed by atoms with van der Waals surface area (Å²) < 4.78 is 2.06. The minimum atomic E-state index is 0.189. The van der Waals surface area contributed by atoms with Crippen LogP contribution in [0.1, 0.15) is 30.1 Å². The van der Waals surface area contributed by atoms with Gasteiger partial charge in [-0.05, 0) is 35.8 Å². The minimum absolute atomic E-state index is 0.189. The number of piperidine rings is 1. The van der Waals surface area contributed by atoms with E-state index in [-0.39, 0.29) is 11.8 Å². The van der Waals surface area contributed by atoms with Crippen molar-refractivity contribution in [2.45, 2.75) is 30.3 Å². The molecule has 0 radical (unpaired) electrons. The normalized spacial score (nSPS) is 16.8. The molecule has 5 nitrogen and oxygen atoms in total. The Morgan fingerprint density at radius 2 is 1.79 bits per heavy atom. The molecule has 1 aliphatic heterocycles. The van der Waals surface area contributed by atoms with Crippen molar-refractivity contribution in [3.05, 3.63) is 66.0 Å². The molecule has 0 unspecified atom stereocenters. The fraction of sp³-hybridized carbons (Fsp3) is 0.348. The van der Waals surface area contributed by atoms with Gasteiger partial charge in [0.2, 0.25) is 5.91 Å². The summed E-state index contributed by atoms with van der Waals surface area (Å²) in [5.41, 5.74) is 3.42. The van der Waals surface area contributed by atoms with Crippen molar-refractivity contribution in [3.63, 3.8) is 0 Å². The van der Waals surface area contributed by atoms with Crippen molar-refractivity contribution >= 4 is 17.7 Å². The molecule has 1 aliphatic rings. The molecule has 0 aliphatic carbocycles. The first-order chi connectivity index (χ1) is 14.2. The molecular formula is C23H26N4OS. The lowest BCUT2D eigenvalue weighted by Gasteiger charge is -2.32. The standard InChI is InChI=1S/C23H26N4OS/c1-26-22(24-25-23(26)29-2)20-9-6-14-27(16-20)21(28)15-17-10-12-19(13-11-17)18-7-4-3-5-8-18/h3-5,7-8,10-13,20H,6,9,14-16H2,1-2H3/t20-/m1/s1. The van der Waals surface area contributed by atoms with Crippen LogP contribution in [0.25, 0.3) is 11.1 Å². The van der Waals surface area contributed by atoms with Gasteiger partial charge in [0.05, 0.1) is 6.42 Å². The number of rotatable bonds is 5. The summed E-state index contributed by atoms with van der Waals surface area (Å²) in [7, 11) is 2.01. The smallest absolute Gasteiger partial charge is 0.227 e. The Kier molecular flexibility index (Phi) is 6.00. The van der Waals surface area contributed by atoms with E-state index in [0.29, 0.717) is 6.42 Å². The van der Waals surface area contributed by atoms with E-state index in [0.717, 1.165) is 42.5 Å². The Morgan fingerprint density at radius 3 is 2.48 bits per heavy atom. The van der Waals surface area contributed by atoms with Gasteiger partial charge in [0.25, 0.3) is 0 Å². The van der Waals surface area contributed by atoms with Crippen LogP contribution in [0.3, 0.4) is 0 Å². The number of carbonyl (C=O) groups excluding carboxylic acids is 1. The first-order valence-corrected chi connectivity index (χ1v) is 11.2. The van der Waals surface area contributed by atoms with Crippen molar-refractivity contribution in [3.8, 4) is 11.1 Å². The highest BCUT2D eigenvalue weighted by atomic mass is 32.2. The lowest BCUT2D eigenvalue weighted by molar-refractivity contribution is -0.131. The van der Waals surface area contributed by atoms with Gasteiger partial charge in [-0.15, -0.1) is 10.2 Å². The van der Waals surface area contributed by atoms with Crippen LogP contribution in [0.5, 0.6) is 0 Å². The van der Waals surface area contributed by atoms with Crippen molar-refractivity contribution in [2.75, 3.05) is 19.3 Å². The van der Waals surface area contributed by atoms with E-state index in [9.17, 15) is 4.79 Å². The van der Waals surface area contributed by atoms with Gasteiger partial charge in [-0.1, -0.05) is 66.4 Å². The molecule has 0 bridgehead atoms. The van der Waals surface area contributed by atoms with Gasteiger partial charge < -0.3 is 9.47 Å². The highest BCUT2D eigenvalue weighted by Crippen LogP contribution is 2.28. The zero-order valence-corrected chi connectivity index (χ0v) is 17.7. The Morgan fingerprint density at radius 1 is 1.07 bits per heavy atom. The Bertz CT molecular complexity index is 968. The van der Waals surface area contributed by atoms with Gasteiger partial charge in [-0.2, -0.15) is 0 Å². The number of aromatic nitrogens is 3. The van der Waals surface area contributed by atoms with Gasteiger partial charge in [0.15, 0.2) is 5.16 Å². The molecule has 6 heteroatoms. The molecule has 29 heavy (non-hydrogen) atoms. The average Bonchev–Trinajstić information content (AvgIpc) is 3.15. The monoisotopic (exact) mass is 406 g/mol. The second-order valence-corrected chi connectivity index (χ2v) is 8.30. The third-order valence-corrected chi connectivity index (χ3v) is 6.33. The molecule has 2 aromatic carbocycles. The molecule has 1 amide bonds. The first-order valence-electron chi connectivity index (χ1n) is 10.0. The summed E-state index contributed by atoms with van der Waals surface area (Å²) in [5.74, 6) is 1.43. The summed E-state index contributed by atoms with van der Waals surface area (Å²) in [6, 6.07) is 18.6. The summed E-state index contributed by atoms with van der Waals surface area (Å²) in [6.45, 7) is 1.55. The van der Waals surface area contributed by atoms with Crippen LogP contribution < -0.4 is 0 Å². The van der Waals surface area contributed by atoms with Crippen LogP contribution in [0.4, 0.5) is 0 Å². The third-order valence-electron chi connectivity index (χ3n) is 5.61. The maximum absolute atomic E-state index is 12.9. The molecule has 1 fully saturated rings. The van der Waals surface area contributed by atoms with Gasteiger partial charge in [0, 0.05) is 26.1 Å². The van der Waals surface area contributed by atoms with Crippen molar-refractivity contribution < 1.29 is 4.79 Å². The van der Waals surface area contributed by atoms with E-state index in [4.69, 9.17) is 0 Å². The Labute approximate surface area is 176 Å². The number of nitrogens with zero attached hydrogens (tertiary/aromatic N) is 4. The zero-order valence-electron chi connectivity index (χ0n) is 16.9. The van der Waals surface area contributed by atoms with Crippen molar-refractivity contribution in [2.24, 2.45) is 7.05 Å². The van der Waals surface area contributed by atoms with E-state index in [1.165, 1.54) is 11.1 Å². The Balaban J connectivity index is 1.41. The fourth-order valence-corrected chi connectivity index (χ4v) is 4.50. The quantitative estimate of drug-likeness (QED) is 0.597. The SMILES string of the molecule is CSc1nnc([C@@H]2CCCN(C(=O)Cc3ccc(-c4ccccc4)cc3)C2)n1C. The lowest BCUT2D eigenvalue weighted by atomic mass is 9.96. The Hall–Kier alpha value is -2.60. The van der Waals surface area contributed by atoms with Crippen LogP contribution in [0, 0.1) is 0 Å². The predicted octanol–water partition coefficient (Wildman–Crippen LogP) is 4.15. The topological polar surface area (TPSA) is 51.0 Å². The molecule has 0 spiro atoms. The summed E-state index contributed by atoms with van der Waals surface area (Å²) in [5, 5.41) is 9.55. The number of carbonyl (C=O) groups is 1. The highest BCUT2D eigenvalue weighted by Gasteiger charge is 2.28. The van der Waals surface area contributed by atoms with Crippen LogP contribution in [0.15, 0.2) is 59.8 Å². The van der Waals surface area contributed by atoms with Crippen LogP contribution in [0.2, 0.25) is 0 Å². The molecule has 0 saturated carbocycles. The molecule has 4 rings (SSSR count). The van der Waals surface area contributed by atoms with Gasteiger partial charge in [-0.25, -0.2) is 0 Å². The predicted molar refractivity (Wildman–Crippen MR) is 117 cm³/mol. The van der Waals surface area contributed by atoms with Crippen LogP contribution in [-0.2, 0) is 18.3 Å². The number of benzene rings is 2. The zero-order chi connectivity index (χ0) is 20.2. The van der Waals surface area contributed by atoms with E-state index in [1.807, 2.05) is 36.4 Å². The third kappa shape index (κ3) is 4.37. The lowest BCUT2D eigenvalue weighted by Crippen LogP contribution is -2.40. The number of amides is 1. The maximum Gasteiger partial charge on any atom is 0.227 e. The maximum atomic E-state index is 12.9. The largest absolute Gasteiger partial charge is 0.342 e. The van der Waals surface area contributed by atoms with Crippen LogP contribution >= 0.6 is 11.8 Å². The summed E-state index contributed by atoms with van der Waals surface area (Å²) >= 11 is 1.60. The second kappa shape index (κ2) is 8.82. The highest BCUT2D eigenvalue weighted by molar-refractivity contribution is 7.98. The first kappa shape index (κ1) is 19.7. The van der Waals surface area contributed by atoms with E-state index in [2.05, 4.69) is 51.2 Å². The number of hydrogen-bond donors (Lipinski definition) is 0. The molecule has 1 saturated heterocycles. The summed E-state index contributed by atoms with van der Waals surface area (Å²) in [4.78, 5) is 14.9. The van der Waals surface area contributed by atoms with Crippen molar-refractivity contribution in [1.82, 2.24) is 19.7 Å². The second-order valence-electron chi connectivity index (χ2n) is 7.52. The molecular weight excluding hydrogens is 380 g/mol. The molecule has 1 aromatic heterocycles. The fourth-order valence-electron chi connectivity index (χ4n) is 4.01. The minimum Gasteiger partial charge on any atom is -0.342 e. The van der Waals surface area contributed by atoms with E-state index in [1.54, 1.807) is 11.8 Å². The molecule has 150 valence electrons. The number of hydrogen-bond acceptors (Lipinski definition) is 4.